The van der Waals surface area contributed by atoms with Gasteiger partial charge in [0.25, 0.3) is 5.69 Å². The maximum atomic E-state index is 10.7. The van der Waals surface area contributed by atoms with Gasteiger partial charge in [-0.3, -0.25) is 10.1 Å². The number of hydrogen-bond acceptors (Lipinski definition) is 5. The first-order valence-corrected chi connectivity index (χ1v) is 5.87. The van der Waals surface area contributed by atoms with Crippen LogP contribution in [0.4, 0.5) is 5.69 Å². The van der Waals surface area contributed by atoms with Crippen molar-refractivity contribution in [2.45, 2.75) is 6.92 Å². The molecule has 0 N–H and O–H groups in total. The van der Waals surface area contributed by atoms with E-state index in [9.17, 15) is 10.1 Å². The summed E-state index contributed by atoms with van der Waals surface area (Å²) in [4.78, 5) is 10.2. The Morgan fingerprint density at radius 3 is 2.85 bits per heavy atom. The molecule has 0 atom stereocenters. The molecule has 8 heteroatoms. The molecule has 7 nitrogen and oxygen atoms in total. The van der Waals surface area contributed by atoms with Crippen molar-refractivity contribution < 1.29 is 9.66 Å². The molecule has 0 aliphatic rings. The molecule has 0 radical (unpaired) electrons. The molecule has 0 spiro atoms. The van der Waals surface area contributed by atoms with Crippen LogP contribution < -0.4 is 4.74 Å². The lowest BCUT2D eigenvalue weighted by atomic mass is 10.3. The van der Waals surface area contributed by atoms with Crippen molar-refractivity contribution >= 4 is 17.3 Å². The van der Waals surface area contributed by atoms with Gasteiger partial charge in [0.15, 0.2) is 5.75 Å². The number of rotatable bonds is 3. The Balaban J connectivity index is 2.48. The third kappa shape index (κ3) is 2.41. The number of nitrogens with zero attached hydrogens (tertiary/aromatic N) is 4. The fourth-order valence-electron chi connectivity index (χ4n) is 1.67. The van der Waals surface area contributed by atoms with Crippen LogP contribution in [0.3, 0.4) is 0 Å². The highest BCUT2D eigenvalue weighted by Crippen LogP contribution is 2.34. The van der Waals surface area contributed by atoms with E-state index >= 15 is 0 Å². The van der Waals surface area contributed by atoms with Gasteiger partial charge in [-0.2, -0.15) is 10.4 Å². The standard InChI is InChI=1S/C12H9ClN4O3/c1-7-9(6-14)12(16(2)15-7)20-11-5-8(17(18)19)3-4-10(11)13/h3-5H,1-2H3. The summed E-state index contributed by atoms with van der Waals surface area (Å²) in [7, 11) is 1.61. The third-order valence-electron chi connectivity index (χ3n) is 2.61. The quantitative estimate of drug-likeness (QED) is 0.640. The number of aryl methyl sites for hydroxylation is 2. The molecule has 0 aliphatic carbocycles. The minimum Gasteiger partial charge on any atom is -0.436 e. The molecule has 1 heterocycles. The summed E-state index contributed by atoms with van der Waals surface area (Å²) < 4.78 is 6.89. The Bertz CT molecular complexity index is 733. The zero-order valence-electron chi connectivity index (χ0n) is 10.6. The number of nitriles is 1. The van der Waals surface area contributed by atoms with Gasteiger partial charge in [0.2, 0.25) is 5.88 Å². The van der Waals surface area contributed by atoms with E-state index in [1.165, 1.54) is 22.9 Å². The summed E-state index contributed by atoms with van der Waals surface area (Å²) in [5.74, 6) is 0.285. The first-order valence-electron chi connectivity index (χ1n) is 5.49. The number of nitro groups is 1. The van der Waals surface area contributed by atoms with Gasteiger partial charge in [0.1, 0.15) is 11.6 Å². The lowest BCUT2D eigenvalue weighted by Crippen LogP contribution is -1.97. The van der Waals surface area contributed by atoms with Crippen molar-refractivity contribution in [3.05, 3.63) is 44.6 Å². The number of ether oxygens (including phenoxy) is 1. The van der Waals surface area contributed by atoms with Crippen LogP contribution in [-0.4, -0.2) is 14.7 Å². The smallest absolute Gasteiger partial charge is 0.273 e. The van der Waals surface area contributed by atoms with Gasteiger partial charge in [0.05, 0.1) is 21.7 Å². The first kappa shape index (κ1) is 13.8. The molecule has 0 bridgehead atoms. The highest BCUT2D eigenvalue weighted by molar-refractivity contribution is 6.32. The van der Waals surface area contributed by atoms with E-state index in [0.29, 0.717) is 5.69 Å². The van der Waals surface area contributed by atoms with Gasteiger partial charge in [0, 0.05) is 13.1 Å². The topological polar surface area (TPSA) is 94.0 Å². The molecule has 0 fully saturated rings. The molecular weight excluding hydrogens is 284 g/mol. The van der Waals surface area contributed by atoms with Gasteiger partial charge >= 0.3 is 0 Å². The minimum atomic E-state index is -0.553. The van der Waals surface area contributed by atoms with Crippen molar-refractivity contribution in [2.24, 2.45) is 7.05 Å². The molecule has 0 unspecified atom stereocenters. The van der Waals surface area contributed by atoms with Gasteiger partial charge in [-0.15, -0.1) is 0 Å². The van der Waals surface area contributed by atoms with E-state index in [4.69, 9.17) is 21.6 Å². The molecule has 0 saturated carbocycles. The number of nitro benzene ring substituents is 1. The van der Waals surface area contributed by atoms with Crippen LogP contribution in [0.15, 0.2) is 18.2 Å². The molecule has 0 amide bonds. The Morgan fingerprint density at radius 1 is 1.55 bits per heavy atom. The largest absolute Gasteiger partial charge is 0.436 e. The number of aromatic nitrogens is 2. The number of hydrogen-bond donors (Lipinski definition) is 0. The summed E-state index contributed by atoms with van der Waals surface area (Å²) in [5.41, 5.74) is 0.614. The predicted molar refractivity (Wildman–Crippen MR) is 70.8 cm³/mol. The Hall–Kier alpha value is -2.59. The second kappa shape index (κ2) is 5.19. The van der Waals surface area contributed by atoms with Gasteiger partial charge in [-0.1, -0.05) is 11.6 Å². The Labute approximate surface area is 119 Å². The zero-order chi connectivity index (χ0) is 14.9. The highest BCUT2D eigenvalue weighted by atomic mass is 35.5. The second-order valence-corrected chi connectivity index (χ2v) is 4.38. The molecule has 102 valence electrons. The van der Waals surface area contributed by atoms with Gasteiger partial charge in [-0.25, -0.2) is 4.68 Å². The highest BCUT2D eigenvalue weighted by Gasteiger charge is 2.18. The van der Waals surface area contributed by atoms with Gasteiger partial charge in [-0.05, 0) is 13.0 Å². The van der Waals surface area contributed by atoms with Crippen molar-refractivity contribution in [3.8, 4) is 17.7 Å². The molecule has 0 saturated heterocycles. The zero-order valence-corrected chi connectivity index (χ0v) is 11.4. The van der Waals surface area contributed by atoms with Crippen molar-refractivity contribution in [1.82, 2.24) is 9.78 Å². The average Bonchev–Trinajstić information content (AvgIpc) is 2.66. The average molecular weight is 293 g/mol. The lowest BCUT2D eigenvalue weighted by Gasteiger charge is -2.07. The lowest BCUT2D eigenvalue weighted by molar-refractivity contribution is -0.384. The third-order valence-corrected chi connectivity index (χ3v) is 2.93. The van der Waals surface area contributed by atoms with E-state index in [1.54, 1.807) is 14.0 Å². The summed E-state index contributed by atoms with van der Waals surface area (Å²) in [5, 5.41) is 24.1. The van der Waals surface area contributed by atoms with E-state index in [-0.39, 0.29) is 27.9 Å². The molecule has 1 aromatic heterocycles. The van der Waals surface area contributed by atoms with Crippen LogP contribution in [0.5, 0.6) is 11.6 Å². The van der Waals surface area contributed by atoms with Crippen molar-refractivity contribution in [1.29, 1.82) is 5.26 Å². The number of halogens is 1. The fourth-order valence-corrected chi connectivity index (χ4v) is 1.83. The van der Waals surface area contributed by atoms with Crippen LogP contribution >= 0.6 is 11.6 Å². The van der Waals surface area contributed by atoms with E-state index in [2.05, 4.69) is 5.10 Å². The fraction of sp³-hybridized carbons (Fsp3) is 0.167. The van der Waals surface area contributed by atoms with Gasteiger partial charge < -0.3 is 4.74 Å². The monoisotopic (exact) mass is 292 g/mol. The summed E-state index contributed by atoms with van der Waals surface area (Å²) in [6, 6.07) is 5.81. The summed E-state index contributed by atoms with van der Waals surface area (Å²) >= 11 is 5.95. The molecule has 2 rings (SSSR count). The van der Waals surface area contributed by atoms with Crippen LogP contribution in [0.2, 0.25) is 5.02 Å². The van der Waals surface area contributed by atoms with Crippen LogP contribution in [0.1, 0.15) is 11.3 Å². The second-order valence-electron chi connectivity index (χ2n) is 3.97. The van der Waals surface area contributed by atoms with Crippen molar-refractivity contribution in [2.75, 3.05) is 0 Å². The minimum absolute atomic E-state index is 0.0976. The Kier molecular flexibility index (Phi) is 3.59. The maximum absolute atomic E-state index is 10.7. The molecular formula is C12H9ClN4O3. The van der Waals surface area contributed by atoms with Crippen LogP contribution in [-0.2, 0) is 7.05 Å². The SMILES string of the molecule is Cc1nn(C)c(Oc2cc([N+](=O)[O-])ccc2Cl)c1C#N. The Morgan fingerprint density at radius 2 is 2.25 bits per heavy atom. The van der Waals surface area contributed by atoms with Crippen LogP contribution in [0, 0.1) is 28.4 Å². The van der Waals surface area contributed by atoms with Crippen molar-refractivity contribution in [3.63, 3.8) is 0 Å². The van der Waals surface area contributed by atoms with Crippen LogP contribution in [0.25, 0.3) is 0 Å². The normalized spacial score (nSPS) is 10.1. The molecule has 0 aliphatic heterocycles. The molecule has 1 aromatic carbocycles. The van der Waals surface area contributed by atoms with E-state index < -0.39 is 4.92 Å². The molecule has 2 aromatic rings. The predicted octanol–water partition coefficient (Wildman–Crippen LogP) is 2.95. The van der Waals surface area contributed by atoms with E-state index in [0.717, 1.165) is 0 Å². The molecule has 20 heavy (non-hydrogen) atoms. The van der Waals surface area contributed by atoms with E-state index in [1.807, 2.05) is 6.07 Å². The number of benzene rings is 1. The summed E-state index contributed by atoms with van der Waals surface area (Å²) in [6.07, 6.45) is 0. The summed E-state index contributed by atoms with van der Waals surface area (Å²) in [6.45, 7) is 1.67. The number of non-ortho nitro benzene ring substituents is 1. The maximum Gasteiger partial charge on any atom is 0.273 e. The first-order chi connectivity index (χ1) is 9.43.